The molecule has 1 atom stereocenters. The Labute approximate surface area is 272 Å². The van der Waals surface area contributed by atoms with Crippen LogP contribution in [0.15, 0.2) is 77.4 Å². The van der Waals surface area contributed by atoms with E-state index in [-0.39, 0.29) is 5.04 Å². The molecular formula is C43H60Si. The summed E-state index contributed by atoms with van der Waals surface area (Å²) in [4.78, 5) is 0. The van der Waals surface area contributed by atoms with Crippen molar-refractivity contribution in [1.82, 2.24) is 0 Å². The Morgan fingerprint density at radius 3 is 1.27 bits per heavy atom. The molecule has 0 N–H and O–H groups in total. The van der Waals surface area contributed by atoms with E-state index < -0.39 is 8.07 Å². The van der Waals surface area contributed by atoms with Gasteiger partial charge in [0.2, 0.25) is 0 Å². The number of rotatable bonds is 14. The molecule has 4 rings (SSSR count). The van der Waals surface area contributed by atoms with Gasteiger partial charge < -0.3 is 0 Å². The molecular weight excluding hydrogens is 545 g/mol. The zero-order valence-electron chi connectivity index (χ0n) is 29.8. The lowest BCUT2D eigenvalue weighted by Gasteiger charge is -2.48. The lowest BCUT2D eigenvalue weighted by atomic mass is 10.0. The van der Waals surface area contributed by atoms with Gasteiger partial charge in [-0.05, 0) is 106 Å². The maximum absolute atomic E-state index is 2.69. The molecule has 236 valence electrons. The van der Waals surface area contributed by atoms with Gasteiger partial charge in [0.05, 0.1) is 0 Å². The Morgan fingerprint density at radius 1 is 0.500 bits per heavy atom. The SMILES string of the molecule is CCCCCCc1cc(CCCCCC)cc([Si](c2cc(C)cc(C)c2)(c2cc(C)cc(C)c2)C2(C)C=C(C)C(C)=C2C)c1. The maximum atomic E-state index is 2.68. The van der Waals surface area contributed by atoms with E-state index in [1.165, 1.54) is 97.6 Å². The number of allylic oxidation sites excluding steroid dienone is 4. The van der Waals surface area contributed by atoms with Crippen LogP contribution in [0.1, 0.15) is 126 Å². The van der Waals surface area contributed by atoms with Crippen LogP contribution in [0.3, 0.4) is 0 Å². The molecule has 1 heteroatoms. The van der Waals surface area contributed by atoms with Crippen LogP contribution in [0.4, 0.5) is 0 Å². The summed E-state index contributed by atoms with van der Waals surface area (Å²) in [5, 5.41) is 4.63. The molecule has 0 spiro atoms. The van der Waals surface area contributed by atoms with Crippen LogP contribution in [0, 0.1) is 27.7 Å². The van der Waals surface area contributed by atoms with Crippen molar-refractivity contribution in [3.63, 3.8) is 0 Å². The van der Waals surface area contributed by atoms with E-state index in [2.05, 4.69) is 130 Å². The summed E-state index contributed by atoms with van der Waals surface area (Å²) in [6.45, 7) is 23.6. The lowest BCUT2D eigenvalue weighted by molar-refractivity contribution is 0.661. The average molecular weight is 605 g/mol. The highest BCUT2D eigenvalue weighted by Gasteiger charge is 2.56. The molecule has 3 aromatic rings. The first-order chi connectivity index (χ1) is 21.0. The molecule has 0 bridgehead atoms. The van der Waals surface area contributed by atoms with E-state index in [9.17, 15) is 0 Å². The van der Waals surface area contributed by atoms with Crippen molar-refractivity contribution in [2.24, 2.45) is 0 Å². The highest BCUT2D eigenvalue weighted by atomic mass is 28.3. The standard InChI is InChI=1S/C43H60Si/c1-11-13-15-17-19-38-27-39(20-18-16-14-12-2)29-42(28-38)44(40-23-31(3)21-32(4)24-40,41-25-33(5)22-34(6)26-41)43(10)30-35(7)36(8)37(43)9/h21-30H,11-20H2,1-10H3. The molecule has 0 amide bonds. The molecule has 0 saturated carbocycles. The fraction of sp³-hybridized carbons (Fsp3) is 0.488. The second-order valence-corrected chi connectivity index (χ2v) is 18.7. The molecule has 1 unspecified atom stereocenters. The summed E-state index contributed by atoms with van der Waals surface area (Å²) < 4.78 is 0. The van der Waals surface area contributed by atoms with Gasteiger partial charge in [0.1, 0.15) is 0 Å². The van der Waals surface area contributed by atoms with E-state index in [1.54, 1.807) is 32.3 Å². The highest BCUT2D eigenvalue weighted by molar-refractivity contribution is 7.14. The summed E-state index contributed by atoms with van der Waals surface area (Å²) >= 11 is 0. The van der Waals surface area contributed by atoms with Crippen LogP contribution in [0.2, 0.25) is 5.04 Å². The molecule has 1 aliphatic rings. The van der Waals surface area contributed by atoms with Gasteiger partial charge in [-0.1, -0.05) is 153 Å². The summed E-state index contributed by atoms with van der Waals surface area (Å²) in [7, 11) is -2.69. The molecule has 0 fully saturated rings. The van der Waals surface area contributed by atoms with Crippen LogP contribution >= 0.6 is 0 Å². The van der Waals surface area contributed by atoms with Gasteiger partial charge >= 0.3 is 0 Å². The van der Waals surface area contributed by atoms with Gasteiger partial charge in [0, 0.05) is 5.04 Å². The smallest absolute Gasteiger partial charge is 0.0730 e. The van der Waals surface area contributed by atoms with E-state index in [1.807, 2.05) is 0 Å². The first-order valence-electron chi connectivity index (χ1n) is 17.6. The number of hydrogen-bond acceptors (Lipinski definition) is 0. The van der Waals surface area contributed by atoms with Crippen LogP contribution in [0.5, 0.6) is 0 Å². The van der Waals surface area contributed by atoms with Crippen molar-refractivity contribution in [2.75, 3.05) is 0 Å². The van der Waals surface area contributed by atoms with Gasteiger partial charge in [-0.2, -0.15) is 0 Å². The van der Waals surface area contributed by atoms with E-state index in [0.717, 1.165) is 0 Å². The highest BCUT2D eigenvalue weighted by Crippen LogP contribution is 2.53. The number of aryl methyl sites for hydroxylation is 6. The lowest BCUT2D eigenvalue weighted by Crippen LogP contribution is -2.73. The third kappa shape index (κ3) is 6.94. The second-order valence-electron chi connectivity index (χ2n) is 14.4. The first-order valence-corrected chi connectivity index (χ1v) is 19.6. The Morgan fingerprint density at radius 2 is 0.909 bits per heavy atom. The minimum Gasteiger partial charge on any atom is -0.0730 e. The summed E-state index contributed by atoms with van der Waals surface area (Å²) in [5.41, 5.74) is 13.1. The molecule has 1 aliphatic carbocycles. The fourth-order valence-corrected chi connectivity index (χ4v) is 14.8. The maximum Gasteiger partial charge on any atom is 0.161 e. The third-order valence-electron chi connectivity index (χ3n) is 10.7. The first kappa shape index (κ1) is 34.2. The zero-order chi connectivity index (χ0) is 32.1. The number of benzene rings is 3. The monoisotopic (exact) mass is 604 g/mol. The molecule has 0 nitrogen and oxygen atoms in total. The Kier molecular flexibility index (Phi) is 11.4. The topological polar surface area (TPSA) is 0 Å². The zero-order valence-corrected chi connectivity index (χ0v) is 30.8. The van der Waals surface area contributed by atoms with Crippen LogP contribution in [0.25, 0.3) is 0 Å². The van der Waals surface area contributed by atoms with Gasteiger partial charge in [-0.15, -0.1) is 0 Å². The number of hydrogen-bond donors (Lipinski definition) is 0. The Bertz CT molecular complexity index is 1390. The minimum absolute atomic E-state index is 0.0814. The quantitative estimate of drug-likeness (QED) is 0.0975. The third-order valence-corrected chi connectivity index (χ3v) is 16.2. The van der Waals surface area contributed by atoms with Crippen molar-refractivity contribution in [2.45, 2.75) is 138 Å². The van der Waals surface area contributed by atoms with Crippen molar-refractivity contribution in [3.05, 3.63) is 111 Å². The fourth-order valence-electron chi connectivity index (χ4n) is 8.29. The van der Waals surface area contributed by atoms with E-state index in [0.29, 0.717) is 0 Å². The molecule has 3 aromatic carbocycles. The van der Waals surface area contributed by atoms with Crippen molar-refractivity contribution in [1.29, 1.82) is 0 Å². The molecule has 0 saturated heterocycles. The predicted octanol–water partition coefficient (Wildman–Crippen LogP) is 10.7. The Balaban J connectivity index is 2.12. The molecule has 0 aliphatic heterocycles. The van der Waals surface area contributed by atoms with Gasteiger partial charge in [0.25, 0.3) is 0 Å². The summed E-state index contributed by atoms with van der Waals surface area (Å²) in [5.74, 6) is 0. The van der Waals surface area contributed by atoms with Crippen molar-refractivity contribution < 1.29 is 0 Å². The molecule has 44 heavy (non-hydrogen) atoms. The van der Waals surface area contributed by atoms with Crippen molar-refractivity contribution >= 4 is 23.6 Å². The second kappa shape index (κ2) is 14.6. The Hall–Kier alpha value is -2.64. The number of unbranched alkanes of at least 4 members (excludes halogenated alkanes) is 6. The van der Waals surface area contributed by atoms with Gasteiger partial charge in [0.15, 0.2) is 8.07 Å². The van der Waals surface area contributed by atoms with Gasteiger partial charge in [-0.3, -0.25) is 0 Å². The minimum atomic E-state index is -2.69. The van der Waals surface area contributed by atoms with Crippen LogP contribution in [-0.2, 0) is 12.8 Å². The van der Waals surface area contributed by atoms with Crippen LogP contribution in [-0.4, -0.2) is 8.07 Å². The van der Waals surface area contributed by atoms with E-state index >= 15 is 0 Å². The summed E-state index contributed by atoms with van der Waals surface area (Å²) in [6.07, 6.45) is 15.5. The molecule has 0 heterocycles. The largest absolute Gasteiger partial charge is 0.161 e. The van der Waals surface area contributed by atoms with Crippen LogP contribution < -0.4 is 15.6 Å². The predicted molar refractivity (Wildman–Crippen MR) is 199 cm³/mol. The van der Waals surface area contributed by atoms with E-state index in [4.69, 9.17) is 0 Å². The van der Waals surface area contributed by atoms with Crippen molar-refractivity contribution in [3.8, 4) is 0 Å². The average Bonchev–Trinajstić information content (AvgIpc) is 3.15. The summed E-state index contributed by atoms with van der Waals surface area (Å²) in [6, 6.07) is 22.9. The normalized spacial score (nSPS) is 17.0. The molecule has 0 aromatic heterocycles. The molecule has 0 radical (unpaired) electrons. The van der Waals surface area contributed by atoms with Gasteiger partial charge in [-0.25, -0.2) is 0 Å².